The highest BCUT2D eigenvalue weighted by molar-refractivity contribution is 5.82. The zero-order chi connectivity index (χ0) is 12.8. The van der Waals surface area contributed by atoms with Crippen LogP contribution in [0.4, 0.5) is 0 Å². The quantitative estimate of drug-likeness (QED) is 0.711. The minimum absolute atomic E-state index is 0.0124. The van der Waals surface area contributed by atoms with Crippen LogP contribution in [0.3, 0.4) is 0 Å². The number of rotatable bonds is 1. The lowest BCUT2D eigenvalue weighted by Gasteiger charge is -2.52. The van der Waals surface area contributed by atoms with Crippen molar-refractivity contribution in [1.82, 2.24) is 0 Å². The van der Waals surface area contributed by atoms with Crippen molar-refractivity contribution < 1.29 is 9.90 Å². The van der Waals surface area contributed by atoms with Crippen LogP contribution in [0.25, 0.3) is 0 Å². The maximum atomic E-state index is 11.9. The Labute approximate surface area is 104 Å². The first-order valence-electron chi connectivity index (χ1n) is 6.76. The second kappa shape index (κ2) is 4.24. The molecule has 0 aromatic rings. The van der Waals surface area contributed by atoms with E-state index in [1.165, 1.54) is 5.57 Å². The molecule has 0 unspecified atom stereocenters. The summed E-state index contributed by atoms with van der Waals surface area (Å²) in [5, 5.41) is 10.9. The summed E-state index contributed by atoms with van der Waals surface area (Å²) in [6, 6.07) is 0. The molecule has 2 saturated carbocycles. The Kier molecular flexibility index (Phi) is 3.19. The normalized spacial score (nSPS) is 46.5. The molecule has 2 fully saturated rings. The predicted octanol–water partition coefficient (Wildman–Crippen LogP) is 2.95. The number of carbonyl (C=O) groups is 1. The molecule has 0 spiro atoms. The molecule has 0 aliphatic heterocycles. The minimum Gasteiger partial charge on any atom is -0.389 e. The number of fused-ring (bicyclic) bond motifs is 1. The van der Waals surface area contributed by atoms with Crippen molar-refractivity contribution in [3.05, 3.63) is 12.2 Å². The van der Waals surface area contributed by atoms with E-state index in [0.717, 1.165) is 19.3 Å². The van der Waals surface area contributed by atoms with Gasteiger partial charge in [0.25, 0.3) is 0 Å². The largest absolute Gasteiger partial charge is 0.389 e. The summed E-state index contributed by atoms with van der Waals surface area (Å²) in [6.07, 6.45) is 3.33. The Bertz CT molecular complexity index is 347. The maximum absolute atomic E-state index is 11.9. The van der Waals surface area contributed by atoms with Crippen LogP contribution in [-0.4, -0.2) is 16.5 Å². The summed E-state index contributed by atoms with van der Waals surface area (Å²) in [5.74, 6) is 1.07. The fraction of sp³-hybridized carbons (Fsp3) is 0.800. The van der Waals surface area contributed by atoms with Crippen LogP contribution in [0.1, 0.15) is 46.5 Å². The third-order valence-electron chi connectivity index (χ3n) is 5.24. The first-order valence-corrected chi connectivity index (χ1v) is 6.76. The molecule has 2 rings (SSSR count). The van der Waals surface area contributed by atoms with Gasteiger partial charge in [-0.2, -0.15) is 0 Å². The van der Waals surface area contributed by atoms with E-state index in [4.69, 9.17) is 0 Å². The number of hydrogen-bond acceptors (Lipinski definition) is 2. The molecule has 5 atom stereocenters. The highest BCUT2D eigenvalue weighted by atomic mass is 16.3. The van der Waals surface area contributed by atoms with E-state index in [2.05, 4.69) is 13.5 Å². The second-order valence-corrected chi connectivity index (χ2v) is 6.28. The summed E-state index contributed by atoms with van der Waals surface area (Å²) >= 11 is 0. The lowest BCUT2D eigenvalue weighted by molar-refractivity contribution is -0.160. The Morgan fingerprint density at radius 2 is 2.12 bits per heavy atom. The topological polar surface area (TPSA) is 37.3 Å². The Morgan fingerprint density at radius 3 is 2.71 bits per heavy atom. The molecule has 1 N–H and O–H groups in total. The van der Waals surface area contributed by atoms with Crippen molar-refractivity contribution >= 4 is 5.78 Å². The van der Waals surface area contributed by atoms with E-state index >= 15 is 0 Å². The number of carbonyl (C=O) groups excluding carboxylic acids is 1. The zero-order valence-electron chi connectivity index (χ0n) is 11.2. The van der Waals surface area contributed by atoms with Gasteiger partial charge in [0.2, 0.25) is 0 Å². The molecule has 0 aromatic heterocycles. The van der Waals surface area contributed by atoms with E-state index in [1.807, 2.05) is 13.8 Å². The highest BCUT2D eigenvalue weighted by Gasteiger charge is 2.52. The summed E-state index contributed by atoms with van der Waals surface area (Å²) in [5.41, 5.74) is 0.587. The van der Waals surface area contributed by atoms with Crippen molar-refractivity contribution in [1.29, 1.82) is 0 Å². The van der Waals surface area contributed by atoms with E-state index in [0.29, 0.717) is 18.1 Å². The van der Waals surface area contributed by atoms with Gasteiger partial charge in [-0.15, -0.1) is 0 Å². The highest BCUT2D eigenvalue weighted by Crippen LogP contribution is 2.50. The molecule has 2 nitrogen and oxygen atoms in total. The van der Waals surface area contributed by atoms with Gasteiger partial charge >= 0.3 is 0 Å². The Hall–Kier alpha value is -0.630. The predicted molar refractivity (Wildman–Crippen MR) is 68.5 cm³/mol. The molecule has 0 heterocycles. The van der Waals surface area contributed by atoms with Gasteiger partial charge in [0.15, 0.2) is 0 Å². The van der Waals surface area contributed by atoms with Gasteiger partial charge in [-0.05, 0) is 43.9 Å². The van der Waals surface area contributed by atoms with Crippen LogP contribution >= 0.6 is 0 Å². The van der Waals surface area contributed by atoms with E-state index in [9.17, 15) is 9.90 Å². The van der Waals surface area contributed by atoms with Gasteiger partial charge in [0.05, 0.1) is 5.60 Å². The lowest BCUT2D eigenvalue weighted by Crippen LogP contribution is -2.56. The molecule has 2 heteroatoms. The van der Waals surface area contributed by atoms with Gasteiger partial charge in [-0.25, -0.2) is 0 Å². The van der Waals surface area contributed by atoms with Crippen LogP contribution in [0.2, 0.25) is 0 Å². The molecule has 2 aliphatic rings. The van der Waals surface area contributed by atoms with Crippen molar-refractivity contribution in [3.8, 4) is 0 Å². The van der Waals surface area contributed by atoms with Gasteiger partial charge in [0, 0.05) is 12.3 Å². The number of aliphatic hydroxyl groups is 1. The number of Topliss-reactive ketones (excluding diaryl/α,β-unsaturated/α-hetero) is 1. The van der Waals surface area contributed by atoms with Crippen molar-refractivity contribution in [2.45, 2.75) is 52.1 Å². The SMILES string of the molecule is C=C(C)[C@@H]1CC[C@@]2(O)[C@@H](C)CC(=O)[C@H](C)[C@@H]2C1. The molecular formula is C15H24O2. The fourth-order valence-electron chi connectivity index (χ4n) is 3.80. The molecule has 0 amide bonds. The molecule has 96 valence electrons. The minimum atomic E-state index is -0.612. The van der Waals surface area contributed by atoms with Crippen LogP contribution in [0.15, 0.2) is 12.2 Å². The standard InChI is InChI=1S/C15H24O2/c1-9(2)12-5-6-15(17)10(3)7-14(16)11(4)13(15)8-12/h10-13,17H,1,5-8H2,2-4H3/t10-,11+,12+,13-,15+/m0/s1. The van der Waals surface area contributed by atoms with E-state index in [-0.39, 0.29) is 17.8 Å². The monoisotopic (exact) mass is 236 g/mol. The maximum Gasteiger partial charge on any atom is 0.136 e. The van der Waals surface area contributed by atoms with Gasteiger partial charge in [-0.3, -0.25) is 4.79 Å². The number of allylic oxidation sites excluding steroid dienone is 1. The summed E-state index contributed by atoms with van der Waals surface area (Å²) in [7, 11) is 0. The number of ketones is 1. The smallest absolute Gasteiger partial charge is 0.136 e. The molecule has 0 saturated heterocycles. The lowest BCUT2D eigenvalue weighted by atomic mass is 9.56. The van der Waals surface area contributed by atoms with Crippen LogP contribution in [0, 0.1) is 23.7 Å². The first kappa shape index (κ1) is 12.8. The average Bonchev–Trinajstić information content (AvgIpc) is 2.26. The Morgan fingerprint density at radius 1 is 1.47 bits per heavy atom. The molecule has 2 aliphatic carbocycles. The van der Waals surface area contributed by atoms with Gasteiger partial charge in [0.1, 0.15) is 5.78 Å². The molecular weight excluding hydrogens is 212 g/mol. The average molecular weight is 236 g/mol. The first-order chi connectivity index (χ1) is 7.86. The van der Waals surface area contributed by atoms with Gasteiger partial charge in [-0.1, -0.05) is 26.0 Å². The third kappa shape index (κ3) is 1.97. The second-order valence-electron chi connectivity index (χ2n) is 6.28. The molecule has 0 radical (unpaired) electrons. The molecule has 17 heavy (non-hydrogen) atoms. The molecule has 0 aromatic carbocycles. The van der Waals surface area contributed by atoms with E-state index < -0.39 is 5.60 Å². The summed E-state index contributed by atoms with van der Waals surface area (Å²) in [4.78, 5) is 11.9. The summed E-state index contributed by atoms with van der Waals surface area (Å²) < 4.78 is 0. The Balaban J connectivity index is 2.25. The van der Waals surface area contributed by atoms with Crippen LogP contribution in [0.5, 0.6) is 0 Å². The number of hydrogen-bond donors (Lipinski definition) is 1. The van der Waals surface area contributed by atoms with Crippen molar-refractivity contribution in [2.75, 3.05) is 0 Å². The molecule has 0 bridgehead atoms. The van der Waals surface area contributed by atoms with Crippen molar-refractivity contribution in [2.24, 2.45) is 23.7 Å². The summed E-state index contributed by atoms with van der Waals surface area (Å²) in [6.45, 7) is 10.1. The van der Waals surface area contributed by atoms with Crippen LogP contribution < -0.4 is 0 Å². The van der Waals surface area contributed by atoms with Crippen LogP contribution in [-0.2, 0) is 4.79 Å². The van der Waals surface area contributed by atoms with E-state index in [1.54, 1.807) is 0 Å². The van der Waals surface area contributed by atoms with Gasteiger partial charge < -0.3 is 5.11 Å². The van der Waals surface area contributed by atoms with Crippen molar-refractivity contribution in [3.63, 3.8) is 0 Å². The zero-order valence-corrected chi connectivity index (χ0v) is 11.2. The fourth-order valence-corrected chi connectivity index (χ4v) is 3.80. The third-order valence-corrected chi connectivity index (χ3v) is 5.24.